The molecule has 26 heavy (non-hydrogen) atoms. The molecule has 3 rings (SSSR count). The number of methoxy groups -OCH3 is 1. The highest BCUT2D eigenvalue weighted by atomic mass is 32.2. The first-order valence-electron chi connectivity index (χ1n) is 8.01. The van der Waals surface area contributed by atoms with E-state index in [4.69, 9.17) is 9.15 Å². The van der Waals surface area contributed by atoms with Crippen molar-refractivity contribution in [3.63, 3.8) is 0 Å². The third-order valence-corrected chi connectivity index (χ3v) is 4.71. The van der Waals surface area contributed by atoms with Gasteiger partial charge in [0.05, 0.1) is 25.7 Å². The molecular weight excluding hydrogens is 352 g/mol. The van der Waals surface area contributed by atoms with E-state index in [1.165, 1.54) is 11.8 Å². The molecule has 0 aliphatic heterocycles. The van der Waals surface area contributed by atoms with Crippen molar-refractivity contribution < 1.29 is 13.9 Å². The van der Waals surface area contributed by atoms with E-state index in [1.54, 1.807) is 32.4 Å². The zero-order valence-electron chi connectivity index (χ0n) is 14.9. The minimum atomic E-state index is 0.0190. The fraction of sp³-hybridized carbons (Fsp3) is 0.278. The number of benzene rings is 1. The topological polar surface area (TPSA) is 73.4 Å². The van der Waals surface area contributed by atoms with Crippen LogP contribution in [0.15, 0.2) is 52.2 Å². The normalized spacial score (nSPS) is 10.7. The summed E-state index contributed by atoms with van der Waals surface area (Å²) >= 11 is 1.36. The molecule has 0 N–H and O–H groups in total. The molecule has 0 aliphatic rings. The third kappa shape index (κ3) is 4.08. The van der Waals surface area contributed by atoms with E-state index in [0.717, 1.165) is 17.1 Å². The Morgan fingerprint density at radius 2 is 2.12 bits per heavy atom. The van der Waals surface area contributed by atoms with Gasteiger partial charge in [0.1, 0.15) is 11.5 Å². The van der Waals surface area contributed by atoms with Gasteiger partial charge < -0.3 is 14.1 Å². The van der Waals surface area contributed by atoms with E-state index in [1.807, 2.05) is 41.0 Å². The number of carbonyl (C=O) groups is 1. The van der Waals surface area contributed by atoms with Crippen molar-refractivity contribution in [2.24, 2.45) is 0 Å². The van der Waals surface area contributed by atoms with Crippen LogP contribution in [0.2, 0.25) is 0 Å². The standard InChI is InChI=1S/C18H20N4O3S/c1-21(2)16(23)12-26-18-20-19-17(13-6-4-7-14(10-13)24-3)22(18)11-15-8-5-9-25-15/h4-10H,11-12H2,1-3H3. The Labute approximate surface area is 156 Å². The Hall–Kier alpha value is -2.74. The third-order valence-electron chi connectivity index (χ3n) is 3.76. The fourth-order valence-electron chi connectivity index (χ4n) is 2.33. The second kappa shape index (κ2) is 8.09. The molecule has 2 aromatic heterocycles. The Morgan fingerprint density at radius 3 is 2.81 bits per heavy atom. The van der Waals surface area contributed by atoms with Crippen molar-refractivity contribution in [3.05, 3.63) is 48.4 Å². The average molecular weight is 372 g/mol. The summed E-state index contributed by atoms with van der Waals surface area (Å²) in [5.74, 6) is 2.54. The molecule has 8 heteroatoms. The zero-order valence-corrected chi connectivity index (χ0v) is 15.7. The van der Waals surface area contributed by atoms with Gasteiger partial charge in [-0.1, -0.05) is 23.9 Å². The number of hydrogen-bond donors (Lipinski definition) is 0. The van der Waals surface area contributed by atoms with Gasteiger partial charge in [-0.25, -0.2) is 0 Å². The largest absolute Gasteiger partial charge is 0.497 e. The van der Waals surface area contributed by atoms with Crippen molar-refractivity contribution in [2.45, 2.75) is 11.7 Å². The van der Waals surface area contributed by atoms with E-state index in [0.29, 0.717) is 23.3 Å². The van der Waals surface area contributed by atoms with Gasteiger partial charge in [-0.3, -0.25) is 9.36 Å². The molecule has 0 unspecified atom stereocenters. The monoisotopic (exact) mass is 372 g/mol. The predicted molar refractivity (Wildman–Crippen MR) is 99.2 cm³/mol. The second-order valence-corrected chi connectivity index (χ2v) is 6.72. The Bertz CT molecular complexity index is 874. The first-order valence-corrected chi connectivity index (χ1v) is 9.00. The van der Waals surface area contributed by atoms with Crippen molar-refractivity contribution in [2.75, 3.05) is 27.0 Å². The number of aromatic nitrogens is 3. The molecule has 2 heterocycles. The molecule has 0 radical (unpaired) electrons. The van der Waals surface area contributed by atoms with Gasteiger partial charge in [-0.15, -0.1) is 10.2 Å². The van der Waals surface area contributed by atoms with Crippen LogP contribution in [0.25, 0.3) is 11.4 Å². The molecule has 0 aliphatic carbocycles. The highest BCUT2D eigenvalue weighted by Crippen LogP contribution is 2.27. The molecule has 0 atom stereocenters. The number of furan rings is 1. The summed E-state index contributed by atoms with van der Waals surface area (Å²) in [7, 11) is 5.09. The maximum absolute atomic E-state index is 11.9. The van der Waals surface area contributed by atoms with Gasteiger partial charge in [0.2, 0.25) is 5.91 Å². The van der Waals surface area contributed by atoms with E-state index < -0.39 is 0 Å². The Balaban J connectivity index is 1.94. The summed E-state index contributed by atoms with van der Waals surface area (Å²) in [5.41, 5.74) is 0.884. The summed E-state index contributed by atoms with van der Waals surface area (Å²) in [6.07, 6.45) is 1.63. The highest BCUT2D eigenvalue weighted by molar-refractivity contribution is 7.99. The molecular formula is C18H20N4O3S. The number of carbonyl (C=O) groups excluding carboxylic acids is 1. The van der Waals surface area contributed by atoms with Crippen LogP contribution in [0, 0.1) is 0 Å². The zero-order chi connectivity index (χ0) is 18.5. The summed E-state index contributed by atoms with van der Waals surface area (Å²) in [5, 5.41) is 9.28. The number of nitrogens with zero attached hydrogens (tertiary/aromatic N) is 4. The van der Waals surface area contributed by atoms with Gasteiger partial charge in [0.25, 0.3) is 0 Å². The van der Waals surface area contributed by atoms with Crippen LogP contribution in [-0.2, 0) is 11.3 Å². The van der Waals surface area contributed by atoms with E-state index in [2.05, 4.69) is 10.2 Å². The summed E-state index contributed by atoms with van der Waals surface area (Å²) < 4.78 is 12.7. The second-order valence-electron chi connectivity index (χ2n) is 5.78. The molecule has 0 saturated heterocycles. The van der Waals surface area contributed by atoms with Crippen molar-refractivity contribution in [1.29, 1.82) is 0 Å². The van der Waals surface area contributed by atoms with Crippen molar-refractivity contribution >= 4 is 17.7 Å². The van der Waals surface area contributed by atoms with E-state index in [9.17, 15) is 4.79 Å². The fourth-order valence-corrected chi connectivity index (χ4v) is 3.24. The number of ether oxygens (including phenoxy) is 1. The number of thioether (sulfide) groups is 1. The first-order chi connectivity index (χ1) is 12.6. The van der Waals surface area contributed by atoms with Gasteiger partial charge in [0.15, 0.2) is 11.0 Å². The Kier molecular flexibility index (Phi) is 5.62. The molecule has 0 fully saturated rings. The molecule has 0 bridgehead atoms. The summed E-state index contributed by atoms with van der Waals surface area (Å²) in [6.45, 7) is 0.477. The highest BCUT2D eigenvalue weighted by Gasteiger charge is 2.17. The van der Waals surface area contributed by atoms with Crippen LogP contribution in [0.4, 0.5) is 0 Å². The molecule has 3 aromatic rings. The number of rotatable bonds is 7. The van der Waals surface area contributed by atoms with Gasteiger partial charge in [-0.05, 0) is 24.3 Å². The predicted octanol–water partition coefficient (Wildman–Crippen LogP) is 2.78. The van der Waals surface area contributed by atoms with E-state index in [-0.39, 0.29) is 5.91 Å². The molecule has 0 saturated carbocycles. The maximum Gasteiger partial charge on any atom is 0.232 e. The number of hydrogen-bond acceptors (Lipinski definition) is 6. The molecule has 1 aromatic carbocycles. The minimum Gasteiger partial charge on any atom is -0.497 e. The molecule has 0 spiro atoms. The SMILES string of the molecule is COc1cccc(-c2nnc(SCC(=O)N(C)C)n2Cc2ccco2)c1. The van der Waals surface area contributed by atoms with Crippen LogP contribution >= 0.6 is 11.8 Å². The van der Waals surface area contributed by atoms with E-state index >= 15 is 0 Å². The van der Waals surface area contributed by atoms with Crippen molar-refractivity contribution in [3.8, 4) is 17.1 Å². The molecule has 7 nitrogen and oxygen atoms in total. The minimum absolute atomic E-state index is 0.0190. The lowest BCUT2D eigenvalue weighted by Crippen LogP contribution is -2.23. The van der Waals surface area contributed by atoms with Gasteiger partial charge in [-0.2, -0.15) is 0 Å². The lowest BCUT2D eigenvalue weighted by molar-refractivity contribution is -0.125. The smallest absolute Gasteiger partial charge is 0.232 e. The average Bonchev–Trinajstić information content (AvgIpc) is 3.30. The Morgan fingerprint density at radius 1 is 1.27 bits per heavy atom. The summed E-state index contributed by atoms with van der Waals surface area (Å²) in [6, 6.07) is 11.4. The van der Waals surface area contributed by atoms with Gasteiger partial charge >= 0.3 is 0 Å². The summed E-state index contributed by atoms with van der Waals surface area (Å²) in [4.78, 5) is 13.5. The molecule has 136 valence electrons. The van der Waals surface area contributed by atoms with Crippen LogP contribution < -0.4 is 4.74 Å². The van der Waals surface area contributed by atoms with Crippen LogP contribution in [-0.4, -0.2) is 52.5 Å². The first kappa shape index (κ1) is 18.1. The quantitative estimate of drug-likeness (QED) is 0.594. The van der Waals surface area contributed by atoms with Crippen LogP contribution in [0.3, 0.4) is 0 Å². The molecule has 1 amide bonds. The lowest BCUT2D eigenvalue weighted by Gasteiger charge is -2.11. The van der Waals surface area contributed by atoms with Crippen LogP contribution in [0.1, 0.15) is 5.76 Å². The van der Waals surface area contributed by atoms with Crippen molar-refractivity contribution in [1.82, 2.24) is 19.7 Å². The number of amides is 1. The lowest BCUT2D eigenvalue weighted by atomic mass is 10.2. The maximum atomic E-state index is 11.9. The van der Waals surface area contributed by atoms with Crippen LogP contribution in [0.5, 0.6) is 5.75 Å². The van der Waals surface area contributed by atoms with Gasteiger partial charge in [0, 0.05) is 19.7 Å².